The van der Waals surface area contributed by atoms with E-state index in [4.69, 9.17) is 0 Å². The minimum absolute atomic E-state index is 0.759. The predicted molar refractivity (Wildman–Crippen MR) is 83.1 cm³/mol. The molecule has 1 aromatic heterocycles. The van der Waals surface area contributed by atoms with Crippen molar-refractivity contribution in [2.75, 3.05) is 17.2 Å². The molecule has 0 spiro atoms. The molecule has 0 saturated heterocycles. The van der Waals surface area contributed by atoms with Crippen molar-refractivity contribution in [2.24, 2.45) is 0 Å². The topological polar surface area (TPSA) is 49.8 Å². The van der Waals surface area contributed by atoms with Crippen molar-refractivity contribution in [1.82, 2.24) is 9.97 Å². The van der Waals surface area contributed by atoms with E-state index >= 15 is 0 Å². The van der Waals surface area contributed by atoms with Crippen molar-refractivity contribution < 1.29 is 0 Å². The molecule has 4 nitrogen and oxygen atoms in total. The highest BCUT2D eigenvalue weighted by Gasteiger charge is 2.08. The van der Waals surface area contributed by atoms with E-state index in [0.29, 0.717) is 0 Å². The molecule has 2 rings (SSSR count). The molecule has 0 aliphatic rings. The lowest BCUT2D eigenvalue weighted by atomic mass is 10.1. The van der Waals surface area contributed by atoms with Gasteiger partial charge in [-0.15, -0.1) is 0 Å². The number of anilines is 3. The first-order valence-corrected chi connectivity index (χ1v) is 6.99. The second kappa shape index (κ2) is 6.02. The zero-order chi connectivity index (χ0) is 13.8. The van der Waals surface area contributed by atoms with Gasteiger partial charge in [0.2, 0.25) is 0 Å². The molecule has 19 heavy (non-hydrogen) atoms. The summed E-state index contributed by atoms with van der Waals surface area (Å²) >= 11 is 3.52. The fourth-order valence-corrected chi connectivity index (χ4v) is 2.15. The van der Waals surface area contributed by atoms with Crippen LogP contribution in [0.15, 0.2) is 29.0 Å². The van der Waals surface area contributed by atoms with Gasteiger partial charge in [-0.25, -0.2) is 9.97 Å². The Kier molecular flexibility index (Phi) is 4.37. The van der Waals surface area contributed by atoms with E-state index < -0.39 is 0 Å². The highest BCUT2D eigenvalue weighted by molar-refractivity contribution is 9.10. The van der Waals surface area contributed by atoms with Crippen LogP contribution in [-0.2, 0) is 0 Å². The third-order valence-electron chi connectivity index (χ3n) is 2.90. The van der Waals surface area contributed by atoms with Crippen molar-refractivity contribution >= 4 is 33.3 Å². The molecule has 2 N–H and O–H groups in total. The second-order valence-corrected chi connectivity index (χ2v) is 5.13. The molecule has 1 aromatic carbocycles. The van der Waals surface area contributed by atoms with Crippen LogP contribution in [0.1, 0.15) is 18.1 Å². The molecule has 0 bridgehead atoms. The average molecular weight is 321 g/mol. The average Bonchev–Trinajstić information content (AvgIpc) is 2.39. The first-order chi connectivity index (χ1) is 9.11. The Hall–Kier alpha value is -1.62. The van der Waals surface area contributed by atoms with Gasteiger partial charge in [-0.1, -0.05) is 6.07 Å². The molecule has 0 amide bonds. The monoisotopic (exact) mass is 320 g/mol. The molecule has 1 heterocycles. The number of aryl methyl sites for hydroxylation is 2. The Morgan fingerprint density at radius 1 is 1.11 bits per heavy atom. The molecule has 0 fully saturated rings. The maximum absolute atomic E-state index is 4.26. The van der Waals surface area contributed by atoms with E-state index in [9.17, 15) is 0 Å². The van der Waals surface area contributed by atoms with Gasteiger partial charge in [-0.3, -0.25) is 0 Å². The standard InChI is InChI=1S/C14H17BrN4/c1-4-16-13-12(15)14(18-8-17-13)19-11-6-5-9(2)10(3)7-11/h5-8H,4H2,1-3H3,(H2,16,17,18,19). The number of halogens is 1. The number of benzene rings is 1. The van der Waals surface area contributed by atoms with Gasteiger partial charge in [0.05, 0.1) is 0 Å². The quantitative estimate of drug-likeness (QED) is 0.892. The first kappa shape index (κ1) is 13.8. The van der Waals surface area contributed by atoms with Gasteiger partial charge in [0.15, 0.2) is 0 Å². The van der Waals surface area contributed by atoms with E-state index in [1.165, 1.54) is 11.1 Å². The minimum Gasteiger partial charge on any atom is -0.369 e. The molecular formula is C14H17BrN4. The Labute approximate surface area is 121 Å². The van der Waals surface area contributed by atoms with Crippen LogP contribution < -0.4 is 10.6 Å². The lowest BCUT2D eigenvalue weighted by molar-refractivity contribution is 1.10. The van der Waals surface area contributed by atoms with Crippen molar-refractivity contribution in [3.05, 3.63) is 40.1 Å². The van der Waals surface area contributed by atoms with Crippen LogP contribution >= 0.6 is 15.9 Å². The van der Waals surface area contributed by atoms with Crippen molar-refractivity contribution in [3.8, 4) is 0 Å². The summed E-state index contributed by atoms with van der Waals surface area (Å²) in [5.74, 6) is 1.55. The maximum Gasteiger partial charge on any atom is 0.150 e. The van der Waals surface area contributed by atoms with E-state index in [1.54, 1.807) is 6.33 Å². The Morgan fingerprint density at radius 2 is 1.84 bits per heavy atom. The Bertz CT molecular complexity index is 584. The van der Waals surface area contributed by atoms with E-state index in [2.05, 4.69) is 62.5 Å². The molecule has 0 saturated carbocycles. The molecule has 0 aliphatic heterocycles. The van der Waals surface area contributed by atoms with Gasteiger partial charge in [0.1, 0.15) is 22.4 Å². The van der Waals surface area contributed by atoms with Gasteiger partial charge in [0, 0.05) is 12.2 Å². The van der Waals surface area contributed by atoms with Crippen LogP contribution in [0.4, 0.5) is 17.3 Å². The number of aromatic nitrogens is 2. The van der Waals surface area contributed by atoms with Crippen LogP contribution in [-0.4, -0.2) is 16.5 Å². The normalized spacial score (nSPS) is 10.3. The second-order valence-electron chi connectivity index (χ2n) is 4.34. The predicted octanol–water partition coefficient (Wildman–Crippen LogP) is 4.03. The van der Waals surface area contributed by atoms with Crippen molar-refractivity contribution in [1.29, 1.82) is 0 Å². The van der Waals surface area contributed by atoms with Crippen LogP contribution in [0.25, 0.3) is 0 Å². The van der Waals surface area contributed by atoms with Crippen molar-refractivity contribution in [2.45, 2.75) is 20.8 Å². The van der Waals surface area contributed by atoms with Gasteiger partial charge < -0.3 is 10.6 Å². The summed E-state index contributed by atoms with van der Waals surface area (Å²) in [6, 6.07) is 6.25. The summed E-state index contributed by atoms with van der Waals surface area (Å²) in [7, 11) is 0. The molecule has 2 aromatic rings. The molecule has 5 heteroatoms. The molecule has 0 aliphatic carbocycles. The highest BCUT2D eigenvalue weighted by Crippen LogP contribution is 2.29. The number of hydrogen-bond acceptors (Lipinski definition) is 4. The van der Waals surface area contributed by atoms with E-state index in [0.717, 1.165) is 28.3 Å². The fraction of sp³-hybridized carbons (Fsp3) is 0.286. The maximum atomic E-state index is 4.26. The van der Waals surface area contributed by atoms with Crippen LogP contribution in [0, 0.1) is 13.8 Å². The van der Waals surface area contributed by atoms with Gasteiger partial charge in [-0.05, 0) is 60.0 Å². The lowest BCUT2D eigenvalue weighted by Crippen LogP contribution is -2.03. The first-order valence-electron chi connectivity index (χ1n) is 6.20. The van der Waals surface area contributed by atoms with E-state index in [1.807, 2.05) is 13.0 Å². The summed E-state index contributed by atoms with van der Waals surface area (Å²) in [5, 5.41) is 6.49. The van der Waals surface area contributed by atoms with Gasteiger partial charge in [-0.2, -0.15) is 0 Å². The number of nitrogens with one attached hydrogen (secondary N) is 2. The molecule has 0 radical (unpaired) electrons. The summed E-state index contributed by atoms with van der Waals surface area (Å²) in [6.07, 6.45) is 1.55. The Morgan fingerprint density at radius 3 is 2.53 bits per heavy atom. The number of nitrogens with zero attached hydrogens (tertiary/aromatic N) is 2. The lowest BCUT2D eigenvalue weighted by Gasteiger charge is -2.11. The molecule has 100 valence electrons. The third-order valence-corrected chi connectivity index (χ3v) is 3.65. The summed E-state index contributed by atoms with van der Waals surface area (Å²) < 4.78 is 0.843. The SMILES string of the molecule is CCNc1ncnc(Nc2ccc(C)c(C)c2)c1Br. The highest BCUT2D eigenvalue weighted by atomic mass is 79.9. The molecule has 0 unspecified atom stereocenters. The summed E-state index contributed by atoms with van der Waals surface area (Å²) in [6.45, 7) is 7.05. The number of rotatable bonds is 4. The zero-order valence-corrected chi connectivity index (χ0v) is 12.9. The third kappa shape index (κ3) is 3.23. The zero-order valence-electron chi connectivity index (χ0n) is 11.3. The van der Waals surface area contributed by atoms with Crippen molar-refractivity contribution in [3.63, 3.8) is 0 Å². The minimum atomic E-state index is 0.759. The molecule has 0 atom stereocenters. The van der Waals surface area contributed by atoms with Gasteiger partial charge in [0.25, 0.3) is 0 Å². The fourth-order valence-electron chi connectivity index (χ4n) is 1.70. The van der Waals surface area contributed by atoms with Crippen LogP contribution in [0.5, 0.6) is 0 Å². The smallest absolute Gasteiger partial charge is 0.150 e. The largest absolute Gasteiger partial charge is 0.369 e. The summed E-state index contributed by atoms with van der Waals surface area (Å²) in [5.41, 5.74) is 3.55. The van der Waals surface area contributed by atoms with Crippen LogP contribution in [0.3, 0.4) is 0 Å². The molecular weight excluding hydrogens is 304 g/mol. The van der Waals surface area contributed by atoms with Gasteiger partial charge >= 0.3 is 0 Å². The Balaban J connectivity index is 2.27. The number of hydrogen-bond donors (Lipinski definition) is 2. The summed E-state index contributed by atoms with van der Waals surface area (Å²) in [4.78, 5) is 8.45. The van der Waals surface area contributed by atoms with E-state index in [-0.39, 0.29) is 0 Å². The van der Waals surface area contributed by atoms with Crippen LogP contribution in [0.2, 0.25) is 0 Å².